The van der Waals surface area contributed by atoms with Crippen LogP contribution in [0.25, 0.3) is 10.9 Å². The van der Waals surface area contributed by atoms with E-state index in [-0.39, 0.29) is 5.56 Å². The van der Waals surface area contributed by atoms with Crippen molar-refractivity contribution in [2.24, 2.45) is 0 Å². The van der Waals surface area contributed by atoms with Gasteiger partial charge in [-0.25, -0.2) is 0 Å². The molecule has 0 unspecified atom stereocenters. The number of piperidine rings is 1. The molecule has 0 aromatic carbocycles. The van der Waals surface area contributed by atoms with Crippen LogP contribution in [-0.4, -0.2) is 42.2 Å². The Hall–Kier alpha value is -1.08. The topological polar surface area (TPSA) is 50.3 Å². The fourth-order valence-corrected chi connectivity index (χ4v) is 4.42. The van der Waals surface area contributed by atoms with Gasteiger partial charge >= 0.3 is 0 Å². The van der Waals surface area contributed by atoms with Crippen molar-refractivity contribution >= 4 is 30.6 Å². The number of nitrogens with zero attached hydrogens (tertiary/aromatic N) is 2. The fourth-order valence-electron chi connectivity index (χ4n) is 3.46. The number of ether oxygens (including phenoxy) is 1. The largest absolute Gasteiger partial charge is 0.361 e. The molecule has 1 N–H and O–H groups in total. The predicted octanol–water partition coefficient (Wildman–Crippen LogP) is 4.28. The molecule has 1 aliphatic rings. The molecule has 0 spiro atoms. The number of pyridine rings is 1. The van der Waals surface area contributed by atoms with Gasteiger partial charge in [0.25, 0.3) is 5.56 Å². The van der Waals surface area contributed by atoms with Gasteiger partial charge in [-0.1, -0.05) is 37.7 Å². The highest BCUT2D eigenvalue weighted by Gasteiger charge is 2.19. The van der Waals surface area contributed by atoms with Crippen molar-refractivity contribution in [2.45, 2.75) is 58.2 Å². The van der Waals surface area contributed by atoms with Gasteiger partial charge in [0.1, 0.15) is 12.2 Å². The van der Waals surface area contributed by atoms with Crippen molar-refractivity contribution in [1.29, 1.82) is 0 Å². The van der Waals surface area contributed by atoms with Crippen LogP contribution in [-0.2, 0) is 18.0 Å². The molecule has 26 heavy (non-hydrogen) atoms. The maximum Gasteiger partial charge on any atom is 0.272 e. The van der Waals surface area contributed by atoms with Crippen LogP contribution in [0.15, 0.2) is 17.1 Å². The summed E-state index contributed by atoms with van der Waals surface area (Å²) in [6.07, 6.45) is 5.38. The molecule has 2 aromatic rings. The molecule has 0 amide bonds. The Morgan fingerprint density at radius 2 is 1.96 bits per heavy atom. The Morgan fingerprint density at radius 1 is 1.23 bits per heavy atom. The number of likely N-dealkylation sites (tertiary alicyclic amines) is 1. The molecule has 0 aliphatic carbocycles. The number of aromatic amines is 1. The highest BCUT2D eigenvalue weighted by atomic mass is 35.5. The van der Waals surface area contributed by atoms with Gasteiger partial charge in [0.15, 0.2) is 0 Å². The Balaban J connectivity index is 1.85. The van der Waals surface area contributed by atoms with E-state index in [1.54, 1.807) is 6.20 Å². The molecule has 0 bridgehead atoms. The lowest BCUT2D eigenvalue weighted by atomic mass is 10.1. The highest BCUT2D eigenvalue weighted by Crippen LogP contribution is 2.25. The van der Waals surface area contributed by atoms with Crippen molar-refractivity contribution in [3.05, 3.63) is 33.3 Å². The summed E-state index contributed by atoms with van der Waals surface area (Å²) in [5, 5.41) is 1.40. The molecule has 144 valence electrons. The first-order chi connectivity index (χ1) is 12.3. The first-order valence-corrected chi connectivity index (χ1v) is 13.6. The van der Waals surface area contributed by atoms with E-state index in [1.807, 2.05) is 4.57 Å². The molecule has 0 saturated carbocycles. The Labute approximate surface area is 161 Å². The second-order valence-corrected chi connectivity index (χ2v) is 14.5. The molecule has 1 saturated heterocycles. The van der Waals surface area contributed by atoms with Gasteiger partial charge in [0, 0.05) is 38.5 Å². The first-order valence-electron chi connectivity index (χ1n) is 9.54. The van der Waals surface area contributed by atoms with E-state index in [0.717, 1.165) is 43.4 Å². The van der Waals surface area contributed by atoms with E-state index in [1.165, 1.54) is 19.3 Å². The minimum absolute atomic E-state index is 0.108. The normalized spacial score (nSPS) is 16.5. The molecule has 3 heterocycles. The summed E-state index contributed by atoms with van der Waals surface area (Å²) >= 11 is 6.35. The maximum absolute atomic E-state index is 12.5. The summed E-state index contributed by atoms with van der Waals surface area (Å²) in [5.41, 5.74) is 1.62. The van der Waals surface area contributed by atoms with Crippen LogP contribution in [0.4, 0.5) is 0 Å². The van der Waals surface area contributed by atoms with E-state index in [9.17, 15) is 4.79 Å². The van der Waals surface area contributed by atoms with Crippen LogP contribution in [0.5, 0.6) is 0 Å². The first kappa shape index (κ1) is 19.7. The molecule has 0 radical (unpaired) electrons. The summed E-state index contributed by atoms with van der Waals surface area (Å²) in [6.45, 7) is 11.2. The quantitative estimate of drug-likeness (QED) is 0.562. The minimum atomic E-state index is -1.13. The lowest BCUT2D eigenvalue weighted by molar-refractivity contribution is 0.0857. The fraction of sp³-hybridized carbons (Fsp3) is 0.632. The van der Waals surface area contributed by atoms with E-state index >= 15 is 0 Å². The number of rotatable bonds is 7. The zero-order chi connectivity index (χ0) is 18.7. The van der Waals surface area contributed by atoms with Crippen molar-refractivity contribution in [3.8, 4) is 0 Å². The number of aromatic nitrogens is 2. The number of fused-ring (bicyclic) bond motifs is 1. The van der Waals surface area contributed by atoms with Gasteiger partial charge in [0.2, 0.25) is 0 Å². The molecule has 3 rings (SSSR count). The van der Waals surface area contributed by atoms with Gasteiger partial charge < -0.3 is 14.3 Å². The monoisotopic (exact) mass is 395 g/mol. The van der Waals surface area contributed by atoms with Crippen molar-refractivity contribution in [1.82, 2.24) is 14.5 Å². The van der Waals surface area contributed by atoms with Crippen LogP contribution in [0.2, 0.25) is 30.7 Å². The second-order valence-electron chi connectivity index (χ2n) is 8.48. The predicted molar refractivity (Wildman–Crippen MR) is 111 cm³/mol. The standard InChI is InChI=1S/C19H30ClN3O2Si/c1-26(2,3)10-9-25-14-23-15(13-22-7-5-4-6-8-22)11-16-17(20)12-21-19(24)18(16)23/h11-12H,4-10,13-14H2,1-3H3,(H,21,24). The van der Waals surface area contributed by atoms with E-state index in [0.29, 0.717) is 17.3 Å². The smallest absolute Gasteiger partial charge is 0.272 e. The highest BCUT2D eigenvalue weighted by molar-refractivity contribution is 6.76. The molecule has 1 aliphatic heterocycles. The summed E-state index contributed by atoms with van der Waals surface area (Å²) in [5.74, 6) is 0. The molecule has 7 heteroatoms. The zero-order valence-electron chi connectivity index (χ0n) is 16.1. The molecule has 1 fully saturated rings. The summed E-state index contributed by atoms with van der Waals surface area (Å²) in [6, 6.07) is 3.17. The number of H-pyrrole nitrogens is 1. The Kier molecular flexibility index (Phi) is 6.28. The lowest BCUT2D eigenvalue weighted by Gasteiger charge is -2.27. The van der Waals surface area contributed by atoms with Crippen LogP contribution in [0.3, 0.4) is 0 Å². The van der Waals surface area contributed by atoms with E-state index < -0.39 is 8.07 Å². The third-order valence-corrected chi connectivity index (χ3v) is 7.05. The van der Waals surface area contributed by atoms with Crippen LogP contribution in [0.1, 0.15) is 25.0 Å². The van der Waals surface area contributed by atoms with Crippen molar-refractivity contribution in [2.75, 3.05) is 19.7 Å². The average Bonchev–Trinajstić information content (AvgIpc) is 2.95. The molecule has 2 aromatic heterocycles. The van der Waals surface area contributed by atoms with E-state index in [4.69, 9.17) is 16.3 Å². The number of hydrogen-bond donors (Lipinski definition) is 1. The maximum atomic E-state index is 12.5. The number of hydrogen-bond acceptors (Lipinski definition) is 3. The van der Waals surface area contributed by atoms with Crippen molar-refractivity contribution < 1.29 is 4.74 Å². The molecule has 0 atom stereocenters. The third kappa shape index (κ3) is 4.79. The molecular formula is C19H30ClN3O2Si. The Morgan fingerprint density at radius 3 is 2.65 bits per heavy atom. The van der Waals surface area contributed by atoms with E-state index in [2.05, 4.69) is 35.6 Å². The SMILES string of the molecule is C[Si](C)(C)CCOCn1c(CN2CCCCC2)cc2c(Cl)c[nH]c(=O)c21. The van der Waals surface area contributed by atoms with Crippen molar-refractivity contribution in [3.63, 3.8) is 0 Å². The Bertz CT molecular complexity index is 803. The van der Waals surface area contributed by atoms with Gasteiger partial charge in [-0.3, -0.25) is 9.69 Å². The summed E-state index contributed by atoms with van der Waals surface area (Å²) in [4.78, 5) is 17.7. The molecule has 5 nitrogen and oxygen atoms in total. The third-order valence-electron chi connectivity index (χ3n) is 5.04. The van der Waals surface area contributed by atoms with Crippen LogP contribution >= 0.6 is 11.6 Å². The summed E-state index contributed by atoms with van der Waals surface area (Å²) in [7, 11) is -1.13. The second kappa shape index (κ2) is 8.29. The van der Waals surface area contributed by atoms with Gasteiger partial charge in [-0.15, -0.1) is 0 Å². The van der Waals surface area contributed by atoms with Gasteiger partial charge in [-0.2, -0.15) is 0 Å². The van der Waals surface area contributed by atoms with Gasteiger partial charge in [0.05, 0.1) is 5.02 Å². The molecular weight excluding hydrogens is 366 g/mol. The lowest BCUT2D eigenvalue weighted by Crippen LogP contribution is -2.30. The average molecular weight is 396 g/mol. The van der Waals surface area contributed by atoms with Crippen LogP contribution < -0.4 is 5.56 Å². The number of halogens is 1. The van der Waals surface area contributed by atoms with Gasteiger partial charge in [-0.05, 0) is 38.0 Å². The minimum Gasteiger partial charge on any atom is -0.361 e. The van der Waals surface area contributed by atoms with Crippen LogP contribution in [0, 0.1) is 0 Å². The number of nitrogens with one attached hydrogen (secondary N) is 1. The zero-order valence-corrected chi connectivity index (χ0v) is 17.9. The summed E-state index contributed by atoms with van der Waals surface area (Å²) < 4.78 is 7.98.